The quantitative estimate of drug-likeness (QED) is 0.836. The standard InChI is InChI=1S/C11H13N3O2/c1-14-11(16-2)12-10(13-14)9-5-3-8(7-15)4-6-9/h3-6,15H,7H2,1-2H3. The second-order valence-corrected chi connectivity index (χ2v) is 3.40. The lowest BCUT2D eigenvalue weighted by molar-refractivity contribution is 0.282. The third-order valence-electron chi connectivity index (χ3n) is 2.30. The summed E-state index contributed by atoms with van der Waals surface area (Å²) >= 11 is 0. The molecule has 0 bridgehead atoms. The molecule has 0 fully saturated rings. The molecule has 0 saturated carbocycles. The Labute approximate surface area is 93.3 Å². The Morgan fingerprint density at radius 2 is 2.00 bits per heavy atom. The van der Waals surface area contributed by atoms with Crippen LogP contribution in [0.15, 0.2) is 24.3 Å². The highest BCUT2D eigenvalue weighted by atomic mass is 16.5. The fourth-order valence-corrected chi connectivity index (χ4v) is 1.43. The van der Waals surface area contributed by atoms with E-state index < -0.39 is 0 Å². The molecule has 1 N–H and O–H groups in total. The van der Waals surface area contributed by atoms with Gasteiger partial charge in [0.2, 0.25) is 0 Å². The van der Waals surface area contributed by atoms with Crippen LogP contribution in [0.1, 0.15) is 5.56 Å². The maximum atomic E-state index is 8.93. The van der Waals surface area contributed by atoms with Crippen LogP contribution >= 0.6 is 0 Å². The largest absolute Gasteiger partial charge is 0.467 e. The first kappa shape index (κ1) is 10.6. The third kappa shape index (κ3) is 1.90. The molecule has 0 radical (unpaired) electrons. The molecule has 0 spiro atoms. The number of nitrogens with zero attached hydrogens (tertiary/aromatic N) is 3. The van der Waals surface area contributed by atoms with Crippen LogP contribution in [0.5, 0.6) is 6.01 Å². The van der Waals surface area contributed by atoms with E-state index in [9.17, 15) is 0 Å². The molecule has 0 aliphatic heterocycles. The third-order valence-corrected chi connectivity index (χ3v) is 2.30. The summed E-state index contributed by atoms with van der Waals surface area (Å²) in [5.74, 6) is 0.615. The van der Waals surface area contributed by atoms with Crippen molar-refractivity contribution >= 4 is 0 Å². The average molecular weight is 219 g/mol. The van der Waals surface area contributed by atoms with Gasteiger partial charge in [0.25, 0.3) is 0 Å². The van der Waals surface area contributed by atoms with Gasteiger partial charge >= 0.3 is 6.01 Å². The summed E-state index contributed by atoms with van der Waals surface area (Å²) in [6.45, 7) is 0.0409. The first-order chi connectivity index (χ1) is 7.74. The summed E-state index contributed by atoms with van der Waals surface area (Å²) in [5.41, 5.74) is 1.77. The van der Waals surface area contributed by atoms with E-state index in [2.05, 4.69) is 10.1 Å². The molecule has 2 aromatic rings. The number of aryl methyl sites for hydroxylation is 1. The van der Waals surface area contributed by atoms with Crippen LogP contribution in [-0.4, -0.2) is 27.0 Å². The molecule has 0 atom stereocenters. The van der Waals surface area contributed by atoms with E-state index in [0.29, 0.717) is 11.8 Å². The van der Waals surface area contributed by atoms with Crippen LogP contribution in [-0.2, 0) is 13.7 Å². The highest BCUT2D eigenvalue weighted by molar-refractivity contribution is 5.55. The van der Waals surface area contributed by atoms with Crippen molar-refractivity contribution in [3.63, 3.8) is 0 Å². The molecule has 0 aliphatic rings. The number of aliphatic hydroxyl groups is 1. The van der Waals surface area contributed by atoms with E-state index in [0.717, 1.165) is 11.1 Å². The number of aromatic nitrogens is 3. The number of ether oxygens (including phenoxy) is 1. The summed E-state index contributed by atoms with van der Waals surface area (Å²) in [6, 6.07) is 7.91. The van der Waals surface area contributed by atoms with Gasteiger partial charge in [-0.2, -0.15) is 4.98 Å². The van der Waals surface area contributed by atoms with Gasteiger partial charge in [0.1, 0.15) is 0 Å². The SMILES string of the molecule is COc1nc(-c2ccc(CO)cc2)nn1C. The van der Waals surface area contributed by atoms with Crippen molar-refractivity contribution in [3.8, 4) is 17.4 Å². The van der Waals surface area contributed by atoms with Crippen molar-refractivity contribution in [3.05, 3.63) is 29.8 Å². The highest BCUT2D eigenvalue weighted by Gasteiger charge is 2.08. The number of methoxy groups -OCH3 is 1. The molecule has 0 aliphatic carbocycles. The van der Waals surface area contributed by atoms with Crippen molar-refractivity contribution in [1.29, 1.82) is 0 Å². The molecule has 1 aromatic heterocycles. The molecule has 84 valence electrons. The fourth-order valence-electron chi connectivity index (χ4n) is 1.43. The van der Waals surface area contributed by atoms with Crippen molar-refractivity contribution in [1.82, 2.24) is 14.8 Å². The van der Waals surface area contributed by atoms with E-state index in [-0.39, 0.29) is 6.61 Å². The minimum absolute atomic E-state index is 0.0409. The zero-order chi connectivity index (χ0) is 11.5. The normalized spacial score (nSPS) is 10.4. The van der Waals surface area contributed by atoms with Gasteiger partial charge in [0.15, 0.2) is 5.82 Å². The fraction of sp³-hybridized carbons (Fsp3) is 0.273. The van der Waals surface area contributed by atoms with Gasteiger partial charge in [-0.25, -0.2) is 4.68 Å². The van der Waals surface area contributed by atoms with Gasteiger partial charge in [-0.3, -0.25) is 0 Å². The molecule has 16 heavy (non-hydrogen) atoms. The Bertz CT molecular complexity index is 476. The van der Waals surface area contributed by atoms with Crippen LogP contribution in [0.25, 0.3) is 11.4 Å². The Morgan fingerprint density at radius 1 is 1.31 bits per heavy atom. The lowest BCUT2D eigenvalue weighted by Gasteiger charge is -1.97. The topological polar surface area (TPSA) is 60.2 Å². The van der Waals surface area contributed by atoms with E-state index in [1.54, 1.807) is 18.8 Å². The monoisotopic (exact) mass is 219 g/mol. The summed E-state index contributed by atoms with van der Waals surface area (Å²) in [6.07, 6.45) is 0. The van der Waals surface area contributed by atoms with E-state index in [1.807, 2.05) is 24.3 Å². The predicted molar refractivity (Wildman–Crippen MR) is 58.9 cm³/mol. The summed E-state index contributed by atoms with van der Waals surface area (Å²) < 4.78 is 6.62. The molecule has 1 aromatic carbocycles. The minimum Gasteiger partial charge on any atom is -0.467 e. The van der Waals surface area contributed by atoms with Gasteiger partial charge in [-0.15, -0.1) is 5.10 Å². The smallest absolute Gasteiger partial charge is 0.314 e. The van der Waals surface area contributed by atoms with Crippen molar-refractivity contribution in [2.45, 2.75) is 6.61 Å². The zero-order valence-corrected chi connectivity index (χ0v) is 9.21. The molecule has 5 nitrogen and oxygen atoms in total. The van der Waals surface area contributed by atoms with Gasteiger partial charge in [0.05, 0.1) is 13.7 Å². The first-order valence-electron chi connectivity index (χ1n) is 4.90. The van der Waals surface area contributed by atoms with Crippen LogP contribution in [0.3, 0.4) is 0 Å². The summed E-state index contributed by atoms with van der Waals surface area (Å²) in [4.78, 5) is 4.22. The van der Waals surface area contributed by atoms with Crippen molar-refractivity contribution < 1.29 is 9.84 Å². The second-order valence-electron chi connectivity index (χ2n) is 3.40. The lowest BCUT2D eigenvalue weighted by Crippen LogP contribution is -1.95. The number of benzene rings is 1. The number of rotatable bonds is 3. The molecular formula is C11H13N3O2. The Kier molecular flexibility index (Phi) is 2.87. The first-order valence-corrected chi connectivity index (χ1v) is 4.90. The maximum absolute atomic E-state index is 8.93. The minimum atomic E-state index is 0.0409. The molecule has 0 amide bonds. The molecular weight excluding hydrogens is 206 g/mol. The molecule has 0 unspecified atom stereocenters. The summed E-state index contributed by atoms with van der Waals surface area (Å²) in [7, 11) is 3.33. The zero-order valence-electron chi connectivity index (χ0n) is 9.21. The van der Waals surface area contributed by atoms with Crippen molar-refractivity contribution in [2.75, 3.05) is 7.11 Å². The average Bonchev–Trinajstić information content (AvgIpc) is 2.71. The Morgan fingerprint density at radius 3 is 2.50 bits per heavy atom. The number of hydrogen-bond acceptors (Lipinski definition) is 4. The Hall–Kier alpha value is -1.88. The molecule has 1 heterocycles. The predicted octanol–water partition coefficient (Wildman–Crippen LogP) is 0.983. The van der Waals surface area contributed by atoms with Crippen LogP contribution in [0, 0.1) is 0 Å². The summed E-state index contributed by atoms with van der Waals surface area (Å²) in [5, 5.41) is 13.2. The van der Waals surface area contributed by atoms with Crippen LogP contribution in [0.2, 0.25) is 0 Å². The highest BCUT2D eigenvalue weighted by Crippen LogP contribution is 2.18. The van der Waals surface area contributed by atoms with Gasteiger partial charge < -0.3 is 9.84 Å². The van der Waals surface area contributed by atoms with E-state index >= 15 is 0 Å². The van der Waals surface area contributed by atoms with Crippen LogP contribution in [0.4, 0.5) is 0 Å². The molecule has 0 saturated heterocycles. The number of aliphatic hydroxyl groups excluding tert-OH is 1. The van der Waals surface area contributed by atoms with Gasteiger partial charge in [-0.1, -0.05) is 24.3 Å². The van der Waals surface area contributed by atoms with Gasteiger partial charge in [0, 0.05) is 12.6 Å². The molecule has 2 rings (SSSR count). The number of hydrogen-bond donors (Lipinski definition) is 1. The maximum Gasteiger partial charge on any atom is 0.314 e. The van der Waals surface area contributed by atoms with Gasteiger partial charge in [-0.05, 0) is 5.56 Å². The molecule has 5 heteroatoms. The lowest BCUT2D eigenvalue weighted by atomic mass is 10.1. The second kappa shape index (κ2) is 4.32. The van der Waals surface area contributed by atoms with Crippen molar-refractivity contribution in [2.24, 2.45) is 7.05 Å². The van der Waals surface area contributed by atoms with E-state index in [1.165, 1.54) is 0 Å². The van der Waals surface area contributed by atoms with Crippen LogP contribution < -0.4 is 4.74 Å². The Balaban J connectivity index is 2.34. The van der Waals surface area contributed by atoms with E-state index in [4.69, 9.17) is 9.84 Å².